The van der Waals surface area contributed by atoms with E-state index in [1.54, 1.807) is 20.0 Å². The molecule has 0 heterocycles. The third-order valence-corrected chi connectivity index (χ3v) is 16.8. The van der Waals surface area contributed by atoms with Crippen molar-refractivity contribution in [2.75, 3.05) is 0 Å². The molecule has 0 fully saturated rings. The maximum absolute atomic E-state index is 9.72. The van der Waals surface area contributed by atoms with Gasteiger partial charge in [0.25, 0.3) is 0 Å². The normalized spacial score (nSPS) is 11.6. The summed E-state index contributed by atoms with van der Waals surface area (Å²) in [5.74, 6) is -2.85. The van der Waals surface area contributed by atoms with Gasteiger partial charge in [-0.2, -0.15) is 0 Å². The second-order valence-corrected chi connectivity index (χ2v) is 17.3. The molecule has 0 bridgehead atoms. The number of carbonyl (C=O) groups is 2. The average Bonchev–Trinajstić information content (AvgIpc) is 2.77. The van der Waals surface area contributed by atoms with Gasteiger partial charge in [0, 0.05) is 0 Å². The Balaban J connectivity index is 0.000000452. The fourth-order valence-corrected chi connectivity index (χ4v) is 16.1. The molecule has 0 amide bonds. The topological polar surface area (TPSA) is 94.8 Å². The van der Waals surface area contributed by atoms with Gasteiger partial charge in [-0.25, -0.2) is 4.79 Å². The number of aliphatic carboxylic acids is 2. The number of hydrogen-bond acceptors (Lipinski definition) is 3. The van der Waals surface area contributed by atoms with E-state index in [0.717, 1.165) is 3.93 Å². The zero-order chi connectivity index (χ0) is 23.1. The van der Waals surface area contributed by atoms with E-state index in [1.807, 2.05) is 0 Å². The first-order valence-electron chi connectivity index (χ1n) is 11.1. The van der Waals surface area contributed by atoms with Gasteiger partial charge in [0.05, 0.1) is 6.42 Å². The van der Waals surface area contributed by atoms with E-state index < -0.39 is 44.2 Å². The first kappa shape index (κ1) is 27.2. The molecule has 0 radical (unpaired) electrons. The van der Waals surface area contributed by atoms with Crippen molar-refractivity contribution in [3.63, 3.8) is 0 Å². The second-order valence-electron chi connectivity index (χ2n) is 7.80. The predicted octanol–water partition coefficient (Wildman–Crippen LogP) is 5.09. The molecule has 2 rings (SSSR count). The summed E-state index contributed by atoms with van der Waals surface area (Å²) in [6.07, 6.45) is 3.00. The molecule has 0 saturated heterocycles. The molecular formula is C25H36O5Sn. The fraction of sp³-hybridized carbons (Fsp3) is 0.440. The number of carboxylic acid groups (broad SMARTS) is 2. The maximum Gasteiger partial charge on any atom is 0.333 e. The van der Waals surface area contributed by atoms with Crippen LogP contribution in [0.5, 0.6) is 0 Å². The molecule has 0 aliphatic heterocycles. The fourth-order valence-electron chi connectivity index (χ4n) is 3.72. The maximum atomic E-state index is 9.72. The third-order valence-electron chi connectivity index (χ3n) is 5.30. The molecule has 1 atom stereocenters. The Morgan fingerprint density at radius 2 is 1.23 bits per heavy atom. The Labute approximate surface area is 192 Å². The zero-order valence-corrected chi connectivity index (χ0v) is 21.9. The molecule has 2 aromatic rings. The SMILES string of the molecule is CCC[CH2][SnH]([CH2]CCC)[CH](c1ccccc1)c1ccccc1.O=C(O)CC(O)C(=O)O. The van der Waals surface area contributed by atoms with Crippen molar-refractivity contribution in [1.29, 1.82) is 0 Å². The van der Waals surface area contributed by atoms with Crippen LogP contribution in [0.3, 0.4) is 0 Å². The molecule has 5 nitrogen and oxygen atoms in total. The molecule has 0 aliphatic rings. The van der Waals surface area contributed by atoms with Gasteiger partial charge < -0.3 is 15.3 Å². The van der Waals surface area contributed by atoms with Crippen molar-refractivity contribution in [2.24, 2.45) is 0 Å². The van der Waals surface area contributed by atoms with Gasteiger partial charge in [0.2, 0.25) is 0 Å². The number of benzene rings is 2. The summed E-state index contributed by atoms with van der Waals surface area (Å²) >= 11 is -1.65. The van der Waals surface area contributed by atoms with Crippen LogP contribution in [0.15, 0.2) is 60.7 Å². The van der Waals surface area contributed by atoms with Crippen LogP contribution in [0.2, 0.25) is 8.87 Å². The summed E-state index contributed by atoms with van der Waals surface area (Å²) in [6.45, 7) is 4.67. The van der Waals surface area contributed by atoms with Crippen molar-refractivity contribution < 1.29 is 24.9 Å². The van der Waals surface area contributed by atoms with Crippen molar-refractivity contribution in [3.05, 3.63) is 71.8 Å². The smallest absolute Gasteiger partial charge is 0.333 e. The van der Waals surface area contributed by atoms with Gasteiger partial charge in [-0.1, -0.05) is 0 Å². The first-order valence-corrected chi connectivity index (χ1v) is 17.7. The average molecular weight is 535 g/mol. The van der Waals surface area contributed by atoms with Crippen LogP contribution in [0.4, 0.5) is 0 Å². The van der Waals surface area contributed by atoms with Crippen LogP contribution < -0.4 is 0 Å². The Morgan fingerprint density at radius 3 is 1.52 bits per heavy atom. The van der Waals surface area contributed by atoms with Crippen LogP contribution in [-0.2, 0) is 9.59 Å². The molecule has 0 aromatic heterocycles. The number of rotatable bonds is 12. The van der Waals surface area contributed by atoms with Crippen LogP contribution >= 0.6 is 0 Å². The van der Waals surface area contributed by atoms with Crippen LogP contribution in [-0.4, -0.2) is 53.1 Å². The van der Waals surface area contributed by atoms with Gasteiger partial charge in [-0.15, -0.1) is 0 Å². The van der Waals surface area contributed by atoms with Crippen molar-refractivity contribution in [2.45, 2.75) is 64.9 Å². The molecule has 6 heteroatoms. The number of aliphatic hydroxyl groups excluding tert-OH is 1. The third kappa shape index (κ3) is 10.8. The summed E-state index contributed by atoms with van der Waals surface area (Å²) in [6, 6.07) is 22.6. The standard InChI is InChI=1S/C13H11.C4H6O5.2C4H9.Sn.H/c1-3-7-12(8-4-1)11-13-9-5-2-6-10-13;5-2(4(8)9)1-3(6)7;2*1-3-4-2;;/h1-11H;2,5H,1H2,(H,6,7)(H,8,9);2*1,3-4H2,2H3;;. The van der Waals surface area contributed by atoms with E-state index in [-0.39, 0.29) is 0 Å². The van der Waals surface area contributed by atoms with E-state index >= 15 is 0 Å². The van der Waals surface area contributed by atoms with Crippen LogP contribution in [0.25, 0.3) is 0 Å². The zero-order valence-electron chi connectivity index (χ0n) is 18.6. The van der Waals surface area contributed by atoms with Crippen molar-refractivity contribution in [3.8, 4) is 0 Å². The van der Waals surface area contributed by atoms with E-state index in [1.165, 1.54) is 25.7 Å². The molecule has 2 aromatic carbocycles. The summed E-state index contributed by atoms with van der Waals surface area (Å²) < 4.78 is 3.85. The molecule has 0 spiro atoms. The molecule has 0 aliphatic carbocycles. The van der Waals surface area contributed by atoms with E-state index in [2.05, 4.69) is 74.5 Å². The summed E-state index contributed by atoms with van der Waals surface area (Å²) in [4.78, 5) is 19.4. The van der Waals surface area contributed by atoms with Crippen molar-refractivity contribution >= 4 is 31.7 Å². The Hall–Kier alpha value is -1.86. The molecule has 170 valence electrons. The minimum Gasteiger partial charge on any atom is -0.481 e. The van der Waals surface area contributed by atoms with Gasteiger partial charge in [0.15, 0.2) is 6.10 Å². The summed E-state index contributed by atoms with van der Waals surface area (Å²) in [5.41, 5.74) is 3.14. The Kier molecular flexibility index (Phi) is 13.9. The molecule has 1 unspecified atom stereocenters. The number of aliphatic hydroxyl groups is 1. The summed E-state index contributed by atoms with van der Waals surface area (Å²) in [5, 5.41) is 24.1. The largest absolute Gasteiger partial charge is 0.481 e. The van der Waals surface area contributed by atoms with E-state index in [9.17, 15) is 9.59 Å². The van der Waals surface area contributed by atoms with Gasteiger partial charge >= 0.3 is 156 Å². The minimum atomic E-state index is -1.79. The molecule has 0 saturated carbocycles. The van der Waals surface area contributed by atoms with E-state index in [4.69, 9.17) is 15.3 Å². The van der Waals surface area contributed by atoms with Gasteiger partial charge in [0.1, 0.15) is 0 Å². The molecular weight excluding hydrogens is 499 g/mol. The van der Waals surface area contributed by atoms with Gasteiger partial charge in [-0.3, -0.25) is 4.79 Å². The monoisotopic (exact) mass is 536 g/mol. The summed E-state index contributed by atoms with van der Waals surface area (Å²) in [7, 11) is 0. The van der Waals surface area contributed by atoms with Crippen molar-refractivity contribution in [1.82, 2.24) is 0 Å². The van der Waals surface area contributed by atoms with Crippen LogP contribution in [0, 0.1) is 0 Å². The number of unbranched alkanes of at least 4 members (excludes halogenated alkanes) is 2. The Morgan fingerprint density at radius 1 is 0.806 bits per heavy atom. The van der Waals surface area contributed by atoms with E-state index in [0.29, 0.717) is 0 Å². The van der Waals surface area contributed by atoms with Gasteiger partial charge in [-0.05, 0) is 0 Å². The molecule has 3 N–H and O–H groups in total. The number of carboxylic acids is 2. The molecule has 31 heavy (non-hydrogen) atoms. The second kappa shape index (κ2) is 15.9. The quantitative estimate of drug-likeness (QED) is 0.329. The minimum absolute atomic E-state index is 0.752. The predicted molar refractivity (Wildman–Crippen MR) is 127 cm³/mol. The Bertz CT molecular complexity index is 704. The number of hydrogen-bond donors (Lipinski definition) is 3. The van der Waals surface area contributed by atoms with Crippen LogP contribution in [0.1, 0.15) is 61.0 Å². The first-order chi connectivity index (χ1) is 14.9.